The van der Waals surface area contributed by atoms with E-state index in [9.17, 15) is 14.6 Å². The maximum atomic E-state index is 13.4. The zero-order chi connectivity index (χ0) is 20.8. The van der Waals surface area contributed by atoms with E-state index in [-0.39, 0.29) is 25.3 Å². The zero-order valence-electron chi connectivity index (χ0n) is 16.2. The molecule has 1 heterocycles. The van der Waals surface area contributed by atoms with Gasteiger partial charge in [-0.1, -0.05) is 36.4 Å². The molecule has 5 nitrogen and oxygen atoms in total. The number of aliphatic hydroxyl groups excluding tert-OH is 3. The van der Waals surface area contributed by atoms with Crippen molar-refractivity contribution in [1.82, 2.24) is 9.55 Å². The average Bonchev–Trinajstić information content (AvgIpc) is 3.04. The summed E-state index contributed by atoms with van der Waals surface area (Å²) in [6.07, 6.45) is 2.05. The number of nitrogens with zero attached hydrogens (tertiary/aromatic N) is 2. The minimum Gasteiger partial charge on any atom is -0.396 e. The van der Waals surface area contributed by atoms with Crippen LogP contribution in [0.4, 0.5) is 4.39 Å². The van der Waals surface area contributed by atoms with Crippen LogP contribution < -0.4 is 0 Å². The fourth-order valence-electron chi connectivity index (χ4n) is 3.19. The molecule has 3 rings (SSSR count). The van der Waals surface area contributed by atoms with Crippen molar-refractivity contribution in [3.63, 3.8) is 0 Å². The minimum atomic E-state index is -0.855. The molecule has 0 radical (unpaired) electrons. The predicted octanol–water partition coefficient (Wildman–Crippen LogP) is 3.49. The quantitative estimate of drug-likeness (QED) is 0.545. The molecule has 3 N–H and O–H groups in total. The molecule has 6 heteroatoms. The van der Waals surface area contributed by atoms with Crippen molar-refractivity contribution in [3.8, 4) is 17.1 Å². The Bertz CT molecular complexity index is 952. The summed E-state index contributed by atoms with van der Waals surface area (Å²) in [5.41, 5.74) is 3.21. The van der Waals surface area contributed by atoms with Gasteiger partial charge in [0.15, 0.2) is 0 Å². The molecular weight excluding hydrogens is 371 g/mol. The number of imidazole rings is 1. The van der Waals surface area contributed by atoms with Gasteiger partial charge in [0.05, 0.1) is 17.9 Å². The van der Waals surface area contributed by atoms with Crippen LogP contribution in [0.15, 0.2) is 60.7 Å². The maximum absolute atomic E-state index is 13.4. The summed E-state index contributed by atoms with van der Waals surface area (Å²) in [5.74, 6) is 0.404. The first-order chi connectivity index (χ1) is 14.0. The van der Waals surface area contributed by atoms with Crippen LogP contribution in [0.5, 0.6) is 0 Å². The molecule has 0 saturated carbocycles. The van der Waals surface area contributed by atoms with E-state index >= 15 is 0 Å². The van der Waals surface area contributed by atoms with E-state index in [1.165, 1.54) is 12.1 Å². The van der Waals surface area contributed by atoms with E-state index in [2.05, 4.69) is 0 Å². The van der Waals surface area contributed by atoms with Gasteiger partial charge in [-0.2, -0.15) is 0 Å². The normalized spacial score (nSPS) is 13.7. The smallest absolute Gasteiger partial charge is 0.145 e. The molecule has 2 aromatic carbocycles. The summed E-state index contributed by atoms with van der Waals surface area (Å²) in [6, 6.07) is 15.9. The van der Waals surface area contributed by atoms with Crippen LogP contribution in [0.1, 0.15) is 24.2 Å². The van der Waals surface area contributed by atoms with Gasteiger partial charge in [-0.25, -0.2) is 9.37 Å². The second-order valence-electron chi connectivity index (χ2n) is 6.91. The Kier molecular flexibility index (Phi) is 6.93. The first-order valence-corrected chi connectivity index (χ1v) is 9.55. The first-order valence-electron chi connectivity index (χ1n) is 9.55. The van der Waals surface area contributed by atoms with Crippen molar-refractivity contribution in [3.05, 3.63) is 77.9 Å². The number of hydrogen-bond acceptors (Lipinski definition) is 4. The van der Waals surface area contributed by atoms with Crippen LogP contribution >= 0.6 is 0 Å². The number of aromatic nitrogens is 2. The van der Waals surface area contributed by atoms with Gasteiger partial charge >= 0.3 is 0 Å². The van der Waals surface area contributed by atoms with Crippen LogP contribution in [-0.4, -0.2) is 43.7 Å². The third-order valence-electron chi connectivity index (χ3n) is 4.71. The van der Waals surface area contributed by atoms with Crippen LogP contribution in [0.2, 0.25) is 0 Å². The minimum absolute atomic E-state index is 0.126. The summed E-state index contributed by atoms with van der Waals surface area (Å²) in [6.45, 7) is 1.79. The second kappa shape index (κ2) is 9.60. The Balaban J connectivity index is 1.97. The molecule has 0 aliphatic rings. The molecule has 152 valence electrons. The average molecular weight is 396 g/mol. The number of hydrogen-bond donors (Lipinski definition) is 3. The van der Waals surface area contributed by atoms with Crippen molar-refractivity contribution in [1.29, 1.82) is 0 Å². The molecule has 0 spiro atoms. The van der Waals surface area contributed by atoms with Crippen molar-refractivity contribution in [2.75, 3.05) is 6.61 Å². The van der Waals surface area contributed by atoms with Crippen molar-refractivity contribution in [2.24, 2.45) is 0 Å². The van der Waals surface area contributed by atoms with Crippen LogP contribution in [0.25, 0.3) is 23.2 Å². The van der Waals surface area contributed by atoms with Gasteiger partial charge in [-0.05, 0) is 43.7 Å². The maximum Gasteiger partial charge on any atom is 0.145 e. The third-order valence-corrected chi connectivity index (χ3v) is 4.71. The highest BCUT2D eigenvalue weighted by Crippen LogP contribution is 2.27. The van der Waals surface area contributed by atoms with Crippen LogP contribution in [0.3, 0.4) is 0 Å². The lowest BCUT2D eigenvalue weighted by Crippen LogP contribution is -2.16. The fraction of sp³-hybridized carbons (Fsp3) is 0.261. The molecule has 3 aromatic rings. The van der Waals surface area contributed by atoms with Crippen molar-refractivity contribution in [2.45, 2.75) is 32.0 Å². The predicted molar refractivity (Wildman–Crippen MR) is 111 cm³/mol. The van der Waals surface area contributed by atoms with Gasteiger partial charge in [0.2, 0.25) is 0 Å². The molecule has 29 heavy (non-hydrogen) atoms. The second-order valence-corrected chi connectivity index (χ2v) is 6.91. The summed E-state index contributed by atoms with van der Waals surface area (Å²) in [5, 5.41) is 28.7. The number of halogens is 1. The monoisotopic (exact) mass is 396 g/mol. The SMILES string of the molecule is Cc1c(/C=C/[C@@H](O)C[C@@H](O)CCO)nc(-c2ccccc2)n1-c1ccc(F)cc1. The van der Waals surface area contributed by atoms with Crippen molar-refractivity contribution >= 4 is 6.08 Å². The van der Waals surface area contributed by atoms with Gasteiger partial charge in [0.1, 0.15) is 11.6 Å². The van der Waals surface area contributed by atoms with Crippen LogP contribution in [-0.2, 0) is 0 Å². The van der Waals surface area contributed by atoms with Crippen LogP contribution in [0, 0.1) is 12.7 Å². The Morgan fingerprint density at radius 2 is 1.76 bits per heavy atom. The van der Waals surface area contributed by atoms with E-state index in [1.807, 2.05) is 41.8 Å². The lowest BCUT2D eigenvalue weighted by Gasteiger charge is -2.11. The topological polar surface area (TPSA) is 78.5 Å². The molecule has 0 fully saturated rings. The van der Waals surface area contributed by atoms with Gasteiger partial charge in [0, 0.05) is 30.0 Å². The van der Waals surface area contributed by atoms with E-state index in [1.54, 1.807) is 24.3 Å². The van der Waals surface area contributed by atoms with Gasteiger partial charge in [-0.3, -0.25) is 4.57 Å². The highest BCUT2D eigenvalue weighted by molar-refractivity contribution is 5.64. The lowest BCUT2D eigenvalue weighted by molar-refractivity contribution is 0.0827. The summed E-state index contributed by atoms with van der Waals surface area (Å²) in [4.78, 5) is 4.74. The first kappa shape index (κ1) is 20.9. The van der Waals surface area contributed by atoms with Gasteiger partial charge in [-0.15, -0.1) is 0 Å². The lowest BCUT2D eigenvalue weighted by atomic mass is 10.1. The standard InChI is InChI=1S/C23H25FN2O3/c1-16-22(12-11-20(28)15-21(29)13-14-27)25-23(17-5-3-2-4-6-17)26(16)19-9-7-18(24)8-10-19/h2-12,20-21,27-29H,13-15H2,1H3/b12-11+/t20-,21+/m1/s1. The molecule has 0 unspecified atom stereocenters. The molecule has 0 saturated heterocycles. The molecule has 2 atom stereocenters. The van der Waals surface area contributed by atoms with E-state index in [0.29, 0.717) is 11.5 Å². The highest BCUT2D eigenvalue weighted by Gasteiger charge is 2.16. The highest BCUT2D eigenvalue weighted by atomic mass is 19.1. The van der Waals surface area contributed by atoms with E-state index < -0.39 is 12.2 Å². The molecular formula is C23H25FN2O3. The summed E-state index contributed by atoms with van der Waals surface area (Å²) in [7, 11) is 0. The molecule has 0 bridgehead atoms. The summed E-state index contributed by atoms with van der Waals surface area (Å²) < 4.78 is 15.3. The molecule has 1 aromatic heterocycles. The number of aliphatic hydroxyl groups is 3. The largest absolute Gasteiger partial charge is 0.396 e. The van der Waals surface area contributed by atoms with Gasteiger partial charge < -0.3 is 15.3 Å². The van der Waals surface area contributed by atoms with E-state index in [0.717, 1.165) is 16.9 Å². The molecule has 0 amide bonds. The Morgan fingerprint density at radius 1 is 1.07 bits per heavy atom. The molecule has 0 aliphatic carbocycles. The fourth-order valence-corrected chi connectivity index (χ4v) is 3.19. The Hall–Kier alpha value is -2.80. The molecule has 0 aliphatic heterocycles. The number of rotatable bonds is 8. The zero-order valence-corrected chi connectivity index (χ0v) is 16.2. The van der Waals surface area contributed by atoms with E-state index in [4.69, 9.17) is 10.1 Å². The van der Waals surface area contributed by atoms with Crippen molar-refractivity contribution < 1.29 is 19.7 Å². The third kappa shape index (κ3) is 5.17. The summed E-state index contributed by atoms with van der Waals surface area (Å²) >= 11 is 0. The number of benzene rings is 2. The Morgan fingerprint density at radius 3 is 2.41 bits per heavy atom. The Labute approximate surface area is 169 Å². The van der Waals surface area contributed by atoms with Gasteiger partial charge in [0.25, 0.3) is 0 Å².